The van der Waals surface area contributed by atoms with Crippen LogP contribution in [0, 0.1) is 0 Å². The molecule has 0 radical (unpaired) electrons. The van der Waals surface area contributed by atoms with E-state index in [4.69, 9.17) is 9.72 Å². The van der Waals surface area contributed by atoms with Gasteiger partial charge in [-0.1, -0.05) is 25.1 Å². The minimum atomic E-state index is -3.49. The Morgan fingerprint density at radius 3 is 2.53 bits per heavy atom. The van der Waals surface area contributed by atoms with Crippen molar-refractivity contribution in [2.24, 2.45) is 7.05 Å². The first-order valence-corrected chi connectivity index (χ1v) is 11.4. The zero-order valence-corrected chi connectivity index (χ0v) is 18.4. The minimum absolute atomic E-state index is 0.0212. The minimum Gasteiger partial charge on any atom is -0.486 e. The predicted octanol–water partition coefficient (Wildman–Crippen LogP) is 3.66. The Morgan fingerprint density at radius 1 is 1.30 bits per heavy atom. The number of rotatable bonds is 7. The van der Waals surface area contributed by atoms with Gasteiger partial charge in [0.1, 0.15) is 5.52 Å². The summed E-state index contributed by atoms with van der Waals surface area (Å²) in [5.41, 5.74) is 3.53. The molecule has 0 aliphatic rings. The van der Waals surface area contributed by atoms with Gasteiger partial charge in [-0.2, -0.15) is 0 Å². The summed E-state index contributed by atoms with van der Waals surface area (Å²) < 4.78 is 33.6. The summed E-state index contributed by atoms with van der Waals surface area (Å²) in [7, 11) is -1.83. The summed E-state index contributed by atoms with van der Waals surface area (Å²) in [5.74, 6) is -0.905. The van der Waals surface area contributed by atoms with Crippen molar-refractivity contribution >= 4 is 32.7 Å². The van der Waals surface area contributed by atoms with Crippen LogP contribution in [0.5, 0.6) is 5.75 Å². The molecule has 0 aliphatic carbocycles. The van der Waals surface area contributed by atoms with E-state index in [1.54, 1.807) is 35.9 Å². The normalized spacial score (nSPS) is 11.8. The number of carboxylic acids is 1. The third kappa shape index (κ3) is 4.11. The topological polar surface area (TPSA) is 111 Å². The first-order chi connectivity index (χ1) is 14.0. The van der Waals surface area contributed by atoms with Gasteiger partial charge >= 0.3 is 5.97 Å². The number of anilines is 1. The summed E-state index contributed by atoms with van der Waals surface area (Å²) in [6.45, 7) is 5.60. The van der Waals surface area contributed by atoms with Crippen LogP contribution >= 0.6 is 0 Å². The van der Waals surface area contributed by atoms with Gasteiger partial charge in [0, 0.05) is 12.6 Å². The molecule has 0 unspecified atom stereocenters. The second kappa shape index (κ2) is 7.98. The molecule has 3 aromatic rings. The molecule has 0 saturated carbocycles. The number of aromatic nitrogens is 2. The number of fused-ring (bicyclic) bond motifs is 1. The zero-order valence-electron chi connectivity index (χ0n) is 17.6. The highest BCUT2D eigenvalue weighted by molar-refractivity contribution is 7.92. The van der Waals surface area contributed by atoms with Gasteiger partial charge in [0.05, 0.1) is 29.3 Å². The largest absolute Gasteiger partial charge is 0.486 e. The number of nitrogens with zero attached hydrogens (tertiary/aromatic N) is 2. The number of ether oxygens (including phenoxy) is 1. The third-order valence-corrected chi connectivity index (χ3v) is 5.21. The van der Waals surface area contributed by atoms with E-state index in [0.29, 0.717) is 34.4 Å². The number of hydrogen-bond acceptors (Lipinski definition) is 5. The summed E-state index contributed by atoms with van der Waals surface area (Å²) in [4.78, 5) is 16.7. The molecule has 0 atom stereocenters. The summed E-state index contributed by atoms with van der Waals surface area (Å²) >= 11 is 0. The Labute approximate surface area is 175 Å². The SMILES string of the molecule is CCc1cc2c(nc1-c1ccccc1NS(C)(=O)=O)c(OC(C)C)c(C(=O)O)n2C. The Morgan fingerprint density at radius 2 is 1.97 bits per heavy atom. The molecule has 0 amide bonds. The first-order valence-electron chi connectivity index (χ1n) is 9.52. The fraction of sp³-hybridized carbons (Fsp3) is 0.333. The van der Waals surface area contributed by atoms with Crippen LogP contribution < -0.4 is 9.46 Å². The van der Waals surface area contributed by atoms with Gasteiger partial charge in [0.2, 0.25) is 10.0 Å². The van der Waals surface area contributed by atoms with Crippen LogP contribution in [0.1, 0.15) is 36.8 Å². The van der Waals surface area contributed by atoms with Crippen LogP contribution in [0.2, 0.25) is 0 Å². The number of sulfonamides is 1. The van der Waals surface area contributed by atoms with E-state index in [1.807, 2.05) is 26.8 Å². The molecule has 2 N–H and O–H groups in total. The smallest absolute Gasteiger partial charge is 0.356 e. The molecule has 9 heteroatoms. The Kier molecular flexibility index (Phi) is 5.76. The second-order valence-corrected chi connectivity index (χ2v) is 9.09. The van der Waals surface area contributed by atoms with Gasteiger partial charge in [0.25, 0.3) is 0 Å². The maximum atomic E-state index is 11.9. The van der Waals surface area contributed by atoms with Crippen LogP contribution in [0.3, 0.4) is 0 Å². The average molecular weight is 432 g/mol. The summed E-state index contributed by atoms with van der Waals surface area (Å²) in [6, 6.07) is 8.87. The number of pyridine rings is 1. The van der Waals surface area contributed by atoms with Crippen molar-refractivity contribution in [2.75, 3.05) is 11.0 Å². The molecule has 160 valence electrons. The van der Waals surface area contributed by atoms with Gasteiger partial charge in [0.15, 0.2) is 11.4 Å². The van der Waals surface area contributed by atoms with E-state index in [2.05, 4.69) is 4.72 Å². The van der Waals surface area contributed by atoms with Crippen LogP contribution in [-0.4, -0.2) is 41.4 Å². The van der Waals surface area contributed by atoms with Crippen molar-refractivity contribution in [2.45, 2.75) is 33.3 Å². The van der Waals surface area contributed by atoms with E-state index < -0.39 is 16.0 Å². The number of aromatic carboxylic acids is 1. The molecule has 30 heavy (non-hydrogen) atoms. The standard InChI is InChI=1S/C21H25N3O5S/c1-6-13-11-16-18(20(29-12(2)3)19(21(25)26)24(16)4)22-17(13)14-9-7-8-10-15(14)23-30(5,27)28/h7-12,23H,6H2,1-5H3,(H,25,26). The van der Waals surface area contributed by atoms with Crippen LogP contribution in [0.4, 0.5) is 5.69 Å². The maximum Gasteiger partial charge on any atom is 0.356 e. The Bertz CT molecular complexity index is 1230. The Hall–Kier alpha value is -3.07. The number of hydrogen-bond donors (Lipinski definition) is 2. The molecular weight excluding hydrogens is 406 g/mol. The lowest BCUT2D eigenvalue weighted by Crippen LogP contribution is -2.11. The van der Waals surface area contributed by atoms with Crippen LogP contribution in [0.15, 0.2) is 30.3 Å². The van der Waals surface area contributed by atoms with Gasteiger partial charge in [-0.3, -0.25) is 4.72 Å². The fourth-order valence-electron chi connectivity index (χ4n) is 3.42. The van der Waals surface area contributed by atoms with E-state index in [9.17, 15) is 18.3 Å². The van der Waals surface area contributed by atoms with Crippen molar-refractivity contribution in [1.82, 2.24) is 9.55 Å². The van der Waals surface area contributed by atoms with E-state index in [-0.39, 0.29) is 17.5 Å². The lowest BCUT2D eigenvalue weighted by molar-refractivity contribution is 0.0680. The monoisotopic (exact) mass is 431 g/mol. The van der Waals surface area contributed by atoms with Gasteiger partial charge in [-0.05, 0) is 38.0 Å². The highest BCUT2D eigenvalue weighted by Crippen LogP contribution is 2.37. The molecule has 0 spiro atoms. The molecule has 2 heterocycles. The molecule has 0 bridgehead atoms. The van der Waals surface area contributed by atoms with E-state index in [0.717, 1.165) is 11.8 Å². The number of carboxylic acid groups (broad SMARTS) is 1. The average Bonchev–Trinajstić information content (AvgIpc) is 2.90. The molecular formula is C21H25N3O5S. The summed E-state index contributed by atoms with van der Waals surface area (Å²) in [6.07, 6.45) is 1.47. The van der Waals surface area contributed by atoms with Crippen molar-refractivity contribution in [3.05, 3.63) is 41.6 Å². The number of nitrogens with one attached hydrogen (secondary N) is 1. The van der Waals surface area contributed by atoms with Crippen LogP contribution in [0.25, 0.3) is 22.3 Å². The van der Waals surface area contributed by atoms with Gasteiger partial charge < -0.3 is 14.4 Å². The number of aryl methyl sites for hydroxylation is 2. The van der Waals surface area contributed by atoms with Crippen LogP contribution in [-0.2, 0) is 23.5 Å². The van der Waals surface area contributed by atoms with E-state index >= 15 is 0 Å². The number of carbonyl (C=O) groups is 1. The third-order valence-electron chi connectivity index (χ3n) is 4.62. The number of benzene rings is 1. The second-order valence-electron chi connectivity index (χ2n) is 7.35. The van der Waals surface area contributed by atoms with Crippen molar-refractivity contribution in [1.29, 1.82) is 0 Å². The predicted molar refractivity (Wildman–Crippen MR) is 117 cm³/mol. The highest BCUT2D eigenvalue weighted by atomic mass is 32.2. The van der Waals surface area contributed by atoms with Crippen molar-refractivity contribution in [3.8, 4) is 17.0 Å². The quantitative estimate of drug-likeness (QED) is 0.591. The highest BCUT2D eigenvalue weighted by Gasteiger charge is 2.26. The molecule has 1 aromatic carbocycles. The Balaban J connectivity index is 2.36. The summed E-state index contributed by atoms with van der Waals surface area (Å²) in [5, 5.41) is 9.74. The lowest BCUT2D eigenvalue weighted by Gasteiger charge is -2.14. The zero-order chi connectivity index (χ0) is 22.2. The first kappa shape index (κ1) is 21.6. The van der Waals surface area contributed by atoms with E-state index in [1.165, 1.54) is 0 Å². The molecule has 2 aromatic heterocycles. The van der Waals surface area contributed by atoms with Gasteiger partial charge in [-0.25, -0.2) is 18.2 Å². The molecule has 0 fully saturated rings. The fourth-order valence-corrected chi connectivity index (χ4v) is 4.00. The van der Waals surface area contributed by atoms with Crippen molar-refractivity contribution < 1.29 is 23.1 Å². The molecule has 3 rings (SSSR count). The molecule has 0 aliphatic heterocycles. The number of para-hydroxylation sites is 1. The molecule has 0 saturated heterocycles. The van der Waals surface area contributed by atoms with Crippen molar-refractivity contribution in [3.63, 3.8) is 0 Å². The lowest BCUT2D eigenvalue weighted by atomic mass is 10.0. The maximum absolute atomic E-state index is 11.9. The molecule has 8 nitrogen and oxygen atoms in total. The van der Waals surface area contributed by atoms with Gasteiger partial charge in [-0.15, -0.1) is 0 Å².